The zero-order valence-electron chi connectivity index (χ0n) is 12.5. The van der Waals surface area contributed by atoms with Crippen LogP contribution in [0.3, 0.4) is 0 Å². The van der Waals surface area contributed by atoms with E-state index in [4.69, 9.17) is 14.2 Å². The van der Waals surface area contributed by atoms with E-state index in [0.29, 0.717) is 6.61 Å². The van der Waals surface area contributed by atoms with E-state index in [1.807, 2.05) is 30.3 Å². The normalized spacial score (nSPS) is 11.7. The van der Waals surface area contributed by atoms with Crippen LogP contribution in [0.1, 0.15) is 25.8 Å². The van der Waals surface area contributed by atoms with E-state index < -0.39 is 17.9 Å². The predicted octanol–water partition coefficient (Wildman–Crippen LogP) is 2.34. The van der Waals surface area contributed by atoms with Gasteiger partial charge in [0.2, 0.25) is 0 Å². The molecule has 0 radical (unpaired) electrons. The van der Waals surface area contributed by atoms with Crippen molar-refractivity contribution in [3.8, 4) is 0 Å². The van der Waals surface area contributed by atoms with Crippen molar-refractivity contribution in [3.63, 3.8) is 0 Å². The average Bonchev–Trinajstić information content (AvgIpc) is 2.48. The second-order valence-corrected chi connectivity index (χ2v) is 4.38. The Morgan fingerprint density at radius 1 is 1.19 bits per heavy atom. The van der Waals surface area contributed by atoms with Crippen LogP contribution in [-0.2, 0) is 30.4 Å². The molecule has 0 bridgehead atoms. The van der Waals surface area contributed by atoms with Crippen molar-refractivity contribution in [2.24, 2.45) is 5.92 Å². The maximum atomic E-state index is 11.7. The largest absolute Gasteiger partial charge is 0.465 e. The Bertz CT molecular complexity index is 412. The van der Waals surface area contributed by atoms with Crippen LogP contribution in [0.25, 0.3) is 0 Å². The minimum absolute atomic E-state index is 0.236. The summed E-state index contributed by atoms with van der Waals surface area (Å²) in [5.74, 6) is -2.03. The Hall–Kier alpha value is -1.88. The summed E-state index contributed by atoms with van der Waals surface area (Å²) < 4.78 is 15.3. The van der Waals surface area contributed by atoms with Crippen LogP contribution in [0.4, 0.5) is 0 Å². The van der Waals surface area contributed by atoms with E-state index in [-0.39, 0.29) is 26.2 Å². The van der Waals surface area contributed by atoms with Gasteiger partial charge in [0.15, 0.2) is 5.92 Å². The van der Waals surface area contributed by atoms with Gasteiger partial charge in [-0.15, -0.1) is 0 Å². The zero-order valence-corrected chi connectivity index (χ0v) is 12.5. The molecule has 1 aromatic rings. The quantitative estimate of drug-likeness (QED) is 0.397. The Morgan fingerprint density at radius 2 is 1.90 bits per heavy atom. The first-order valence-corrected chi connectivity index (χ1v) is 7.14. The molecule has 116 valence electrons. The number of hydrogen-bond donors (Lipinski definition) is 0. The summed E-state index contributed by atoms with van der Waals surface area (Å²) in [5.41, 5.74) is 1.04. The topological polar surface area (TPSA) is 61.8 Å². The summed E-state index contributed by atoms with van der Waals surface area (Å²) in [7, 11) is 0. The van der Waals surface area contributed by atoms with Crippen molar-refractivity contribution in [1.82, 2.24) is 0 Å². The lowest BCUT2D eigenvalue weighted by Gasteiger charge is -2.14. The van der Waals surface area contributed by atoms with E-state index in [0.717, 1.165) is 5.56 Å². The molecular formula is C16H22O5. The number of carbonyl (C=O) groups excluding carboxylic acids is 2. The number of carbonyl (C=O) groups is 2. The molecule has 0 N–H and O–H groups in total. The molecule has 1 unspecified atom stereocenters. The first-order chi connectivity index (χ1) is 10.2. The molecule has 0 aromatic heterocycles. The summed E-state index contributed by atoms with van der Waals surface area (Å²) in [6, 6.07) is 9.70. The molecule has 0 saturated heterocycles. The van der Waals surface area contributed by atoms with Crippen molar-refractivity contribution in [3.05, 3.63) is 35.9 Å². The van der Waals surface area contributed by atoms with E-state index >= 15 is 0 Å². The summed E-state index contributed by atoms with van der Waals surface area (Å²) in [5, 5.41) is 0. The van der Waals surface area contributed by atoms with Gasteiger partial charge in [-0.3, -0.25) is 9.59 Å². The molecule has 0 aliphatic heterocycles. The minimum Gasteiger partial charge on any atom is -0.465 e. The summed E-state index contributed by atoms with van der Waals surface area (Å²) in [6.45, 7) is 4.60. The summed E-state index contributed by atoms with van der Waals surface area (Å²) in [6.07, 6.45) is 0.254. The molecule has 0 spiro atoms. The van der Waals surface area contributed by atoms with Gasteiger partial charge in [0.05, 0.1) is 19.8 Å². The lowest BCUT2D eigenvalue weighted by Crippen LogP contribution is -2.29. The third kappa shape index (κ3) is 6.40. The molecule has 5 heteroatoms. The SMILES string of the molecule is CCOC(=O)C(CCOCc1ccccc1)[14C](=O)OCC. The lowest BCUT2D eigenvalue weighted by molar-refractivity contribution is -0.162. The van der Waals surface area contributed by atoms with Gasteiger partial charge in [-0.05, 0) is 25.8 Å². The van der Waals surface area contributed by atoms with Crippen LogP contribution < -0.4 is 0 Å². The van der Waals surface area contributed by atoms with Gasteiger partial charge in [0.1, 0.15) is 0 Å². The fourth-order valence-corrected chi connectivity index (χ4v) is 1.78. The van der Waals surface area contributed by atoms with Crippen molar-refractivity contribution < 1.29 is 23.8 Å². The number of hydrogen-bond acceptors (Lipinski definition) is 5. The average molecular weight is 296 g/mol. The first kappa shape index (κ1) is 17.2. The fourth-order valence-electron chi connectivity index (χ4n) is 1.78. The third-order valence-electron chi connectivity index (χ3n) is 2.80. The van der Waals surface area contributed by atoms with Crippen LogP contribution in [0.15, 0.2) is 30.3 Å². The highest BCUT2D eigenvalue weighted by Crippen LogP contribution is 2.10. The molecule has 5 nitrogen and oxygen atoms in total. The molecule has 1 atom stereocenters. The van der Waals surface area contributed by atoms with E-state index in [2.05, 4.69) is 0 Å². The molecule has 0 fully saturated rings. The Kier molecular flexibility index (Phi) is 8.12. The molecule has 0 amide bonds. The van der Waals surface area contributed by atoms with Gasteiger partial charge >= 0.3 is 11.9 Å². The van der Waals surface area contributed by atoms with E-state index in [1.165, 1.54) is 0 Å². The Labute approximate surface area is 125 Å². The highest BCUT2D eigenvalue weighted by Gasteiger charge is 2.29. The maximum Gasteiger partial charge on any atom is 0.320 e. The predicted molar refractivity (Wildman–Crippen MR) is 77.5 cm³/mol. The van der Waals surface area contributed by atoms with E-state index in [9.17, 15) is 9.59 Å². The van der Waals surface area contributed by atoms with Crippen molar-refractivity contribution in [1.29, 1.82) is 0 Å². The Morgan fingerprint density at radius 3 is 2.52 bits per heavy atom. The highest BCUT2D eigenvalue weighted by atomic mass is 16.8. The molecule has 1 rings (SSSR count). The van der Waals surface area contributed by atoms with Gasteiger partial charge < -0.3 is 14.2 Å². The molecule has 0 saturated carbocycles. The third-order valence-corrected chi connectivity index (χ3v) is 2.80. The molecular weight excluding hydrogens is 274 g/mol. The molecule has 0 aliphatic carbocycles. The van der Waals surface area contributed by atoms with Crippen molar-refractivity contribution in [2.75, 3.05) is 19.8 Å². The molecule has 1 aromatic carbocycles. The fraction of sp³-hybridized carbons (Fsp3) is 0.500. The number of ether oxygens (including phenoxy) is 3. The number of esters is 2. The van der Waals surface area contributed by atoms with Gasteiger partial charge in [-0.1, -0.05) is 30.3 Å². The number of rotatable bonds is 9. The monoisotopic (exact) mass is 296 g/mol. The van der Waals surface area contributed by atoms with Crippen molar-refractivity contribution in [2.45, 2.75) is 26.9 Å². The Balaban J connectivity index is 2.41. The smallest absolute Gasteiger partial charge is 0.320 e. The van der Waals surface area contributed by atoms with Crippen LogP contribution in [0.5, 0.6) is 0 Å². The van der Waals surface area contributed by atoms with Crippen LogP contribution >= 0.6 is 0 Å². The zero-order chi connectivity index (χ0) is 15.5. The second kappa shape index (κ2) is 9.94. The summed E-state index contributed by atoms with van der Waals surface area (Å²) >= 11 is 0. The lowest BCUT2D eigenvalue weighted by atomic mass is 10.2. The minimum atomic E-state index is -0.916. The van der Waals surface area contributed by atoms with Crippen LogP contribution in [0, 0.1) is 5.92 Å². The maximum absolute atomic E-state index is 11.7. The highest BCUT2D eigenvalue weighted by molar-refractivity contribution is 5.94. The molecule has 21 heavy (non-hydrogen) atoms. The van der Waals surface area contributed by atoms with Crippen LogP contribution in [0.2, 0.25) is 0 Å². The van der Waals surface area contributed by atoms with E-state index in [1.54, 1.807) is 13.8 Å². The molecule has 0 aliphatic rings. The standard InChI is InChI=1S/C16H22O5/c1-3-20-15(17)14(16(18)21-4-2)10-11-19-12-13-8-6-5-7-9-13/h5-9,14H,3-4,10-12H2,1-2H3/i15+2. The summed E-state index contributed by atoms with van der Waals surface area (Å²) in [4.78, 5) is 23.5. The molecule has 0 heterocycles. The van der Waals surface area contributed by atoms with Crippen molar-refractivity contribution >= 4 is 11.9 Å². The second-order valence-electron chi connectivity index (χ2n) is 4.38. The van der Waals surface area contributed by atoms with Gasteiger partial charge in [0.25, 0.3) is 0 Å². The number of benzene rings is 1. The van der Waals surface area contributed by atoms with Gasteiger partial charge in [-0.25, -0.2) is 0 Å². The van der Waals surface area contributed by atoms with Crippen LogP contribution in [-0.4, -0.2) is 31.8 Å². The van der Waals surface area contributed by atoms with Gasteiger partial charge in [0, 0.05) is 6.61 Å². The van der Waals surface area contributed by atoms with Gasteiger partial charge in [-0.2, -0.15) is 0 Å². The first-order valence-electron chi connectivity index (χ1n) is 7.14.